The number of methoxy groups -OCH3 is 1. The molecule has 0 aliphatic heterocycles. The van der Waals surface area contributed by atoms with Crippen LogP contribution in [0.15, 0.2) is 24.3 Å². The summed E-state index contributed by atoms with van der Waals surface area (Å²) in [6, 6.07) is 4.19. The van der Waals surface area contributed by atoms with Gasteiger partial charge in [-0.3, -0.25) is 0 Å². The summed E-state index contributed by atoms with van der Waals surface area (Å²) in [6.07, 6.45) is -4.98. The van der Waals surface area contributed by atoms with Gasteiger partial charge in [0.2, 0.25) is 0 Å². The molecule has 1 rings (SSSR count). The number of nitrogens with one attached hydrogen (secondary N) is 1. The summed E-state index contributed by atoms with van der Waals surface area (Å²) in [5.41, 5.74) is -0.144. The molecule has 17 heavy (non-hydrogen) atoms. The third kappa shape index (κ3) is 3.65. The molecule has 1 aromatic rings. The zero-order chi connectivity index (χ0) is 13.1. The van der Waals surface area contributed by atoms with E-state index in [9.17, 15) is 18.0 Å². The molecule has 0 bridgehead atoms. The molecule has 0 spiro atoms. The monoisotopic (exact) mass is 247 g/mol. The minimum atomic E-state index is -4.35. The molecular weight excluding hydrogens is 235 g/mol. The maximum absolute atomic E-state index is 12.3. The molecule has 0 radical (unpaired) electrons. The van der Waals surface area contributed by atoms with Gasteiger partial charge in [-0.05, 0) is 24.6 Å². The summed E-state index contributed by atoms with van der Waals surface area (Å²) in [6.45, 7) is 1.65. The minimum Gasteiger partial charge on any atom is -0.453 e. The van der Waals surface area contributed by atoms with Crippen molar-refractivity contribution in [2.45, 2.75) is 19.1 Å². The number of carbonyl (C=O) groups is 1. The van der Waals surface area contributed by atoms with Crippen molar-refractivity contribution in [3.63, 3.8) is 0 Å². The fourth-order valence-corrected chi connectivity index (χ4v) is 1.28. The van der Waals surface area contributed by atoms with Crippen LogP contribution in [0.1, 0.15) is 24.1 Å². The Morgan fingerprint density at radius 1 is 1.29 bits per heavy atom. The molecule has 1 aromatic carbocycles. The third-order valence-corrected chi connectivity index (χ3v) is 2.26. The van der Waals surface area contributed by atoms with Crippen molar-refractivity contribution >= 4 is 6.09 Å². The number of ether oxygens (including phenoxy) is 1. The van der Waals surface area contributed by atoms with Crippen LogP contribution in [-0.2, 0) is 10.9 Å². The van der Waals surface area contributed by atoms with Gasteiger partial charge in [0, 0.05) is 0 Å². The van der Waals surface area contributed by atoms with E-state index in [2.05, 4.69) is 10.1 Å². The fraction of sp³-hybridized carbons (Fsp3) is 0.364. The molecule has 1 atom stereocenters. The highest BCUT2D eigenvalue weighted by Crippen LogP contribution is 2.29. The first-order valence-electron chi connectivity index (χ1n) is 4.86. The van der Waals surface area contributed by atoms with Crippen molar-refractivity contribution in [2.24, 2.45) is 0 Å². The number of alkyl halides is 3. The summed E-state index contributed by atoms with van der Waals surface area (Å²) >= 11 is 0. The minimum absolute atomic E-state index is 0.412. The average molecular weight is 247 g/mol. The van der Waals surface area contributed by atoms with Gasteiger partial charge in [0.25, 0.3) is 0 Å². The van der Waals surface area contributed by atoms with Crippen molar-refractivity contribution < 1.29 is 22.7 Å². The zero-order valence-electron chi connectivity index (χ0n) is 9.34. The highest BCUT2D eigenvalue weighted by atomic mass is 19.4. The predicted molar refractivity (Wildman–Crippen MR) is 55.4 cm³/mol. The zero-order valence-corrected chi connectivity index (χ0v) is 9.34. The summed E-state index contributed by atoms with van der Waals surface area (Å²) in [5, 5.41) is 2.46. The molecule has 94 valence electrons. The van der Waals surface area contributed by atoms with Crippen LogP contribution in [0, 0.1) is 0 Å². The molecule has 1 amide bonds. The van der Waals surface area contributed by atoms with Gasteiger partial charge < -0.3 is 10.1 Å². The van der Waals surface area contributed by atoms with E-state index in [4.69, 9.17) is 0 Å². The number of alkyl carbamates (subject to hydrolysis) is 1. The molecule has 1 N–H and O–H groups in total. The van der Waals surface area contributed by atoms with Crippen LogP contribution in [0.25, 0.3) is 0 Å². The molecule has 0 aliphatic carbocycles. The number of amides is 1. The first-order chi connectivity index (χ1) is 7.84. The van der Waals surface area contributed by atoms with E-state index in [0.717, 1.165) is 12.1 Å². The maximum atomic E-state index is 12.3. The lowest BCUT2D eigenvalue weighted by Crippen LogP contribution is -2.26. The Labute approximate surface area is 96.6 Å². The van der Waals surface area contributed by atoms with Crippen molar-refractivity contribution in [1.82, 2.24) is 5.32 Å². The first kappa shape index (κ1) is 13.3. The normalized spacial score (nSPS) is 13.0. The van der Waals surface area contributed by atoms with Gasteiger partial charge in [-0.15, -0.1) is 0 Å². The molecular formula is C11H12F3NO2. The van der Waals surface area contributed by atoms with Crippen LogP contribution in [0.2, 0.25) is 0 Å². The van der Waals surface area contributed by atoms with Crippen molar-refractivity contribution in [2.75, 3.05) is 7.11 Å². The Bertz CT molecular complexity index is 387. The van der Waals surface area contributed by atoms with Crippen molar-refractivity contribution in [3.8, 4) is 0 Å². The maximum Gasteiger partial charge on any atom is 0.416 e. The second-order valence-electron chi connectivity index (χ2n) is 3.48. The lowest BCUT2D eigenvalue weighted by molar-refractivity contribution is -0.137. The Morgan fingerprint density at radius 3 is 2.24 bits per heavy atom. The van der Waals surface area contributed by atoms with E-state index in [0.29, 0.717) is 5.56 Å². The highest BCUT2D eigenvalue weighted by molar-refractivity contribution is 5.67. The van der Waals surface area contributed by atoms with Gasteiger partial charge in [0.05, 0.1) is 18.7 Å². The Morgan fingerprint density at radius 2 is 1.82 bits per heavy atom. The SMILES string of the molecule is COC(=O)N[C@@H](C)c1ccc(C(F)(F)F)cc1. The fourth-order valence-electron chi connectivity index (χ4n) is 1.28. The Hall–Kier alpha value is -1.72. The summed E-state index contributed by atoms with van der Waals surface area (Å²) in [7, 11) is 1.22. The second kappa shape index (κ2) is 5.07. The number of halogens is 3. The van der Waals surface area contributed by atoms with Crippen LogP contribution in [0.5, 0.6) is 0 Å². The molecule has 0 unspecified atom stereocenters. The topological polar surface area (TPSA) is 38.3 Å². The van der Waals surface area contributed by atoms with E-state index in [-0.39, 0.29) is 0 Å². The van der Waals surface area contributed by atoms with Gasteiger partial charge in [0.15, 0.2) is 0 Å². The largest absolute Gasteiger partial charge is 0.453 e. The van der Waals surface area contributed by atoms with Crippen LogP contribution in [-0.4, -0.2) is 13.2 Å². The molecule has 0 heterocycles. The average Bonchev–Trinajstić information content (AvgIpc) is 2.27. The molecule has 0 aromatic heterocycles. The van der Waals surface area contributed by atoms with E-state index >= 15 is 0 Å². The first-order valence-corrected chi connectivity index (χ1v) is 4.86. The number of benzene rings is 1. The van der Waals surface area contributed by atoms with E-state index < -0.39 is 23.9 Å². The molecule has 0 saturated heterocycles. The standard InChI is InChI=1S/C11H12F3NO2/c1-7(15-10(16)17-2)8-3-5-9(6-4-8)11(12,13)14/h3-7H,1-2H3,(H,15,16)/t7-/m0/s1. The van der Waals surface area contributed by atoms with Gasteiger partial charge in [-0.1, -0.05) is 12.1 Å². The Kier molecular flexibility index (Phi) is 3.98. The van der Waals surface area contributed by atoms with Crippen LogP contribution >= 0.6 is 0 Å². The van der Waals surface area contributed by atoms with Crippen molar-refractivity contribution in [3.05, 3.63) is 35.4 Å². The quantitative estimate of drug-likeness (QED) is 0.871. The number of carbonyl (C=O) groups excluding carboxylic acids is 1. The van der Waals surface area contributed by atoms with Crippen LogP contribution in [0.4, 0.5) is 18.0 Å². The highest BCUT2D eigenvalue weighted by Gasteiger charge is 2.30. The molecule has 0 fully saturated rings. The van der Waals surface area contributed by atoms with Gasteiger partial charge in [0.1, 0.15) is 0 Å². The number of rotatable bonds is 2. The van der Waals surface area contributed by atoms with Gasteiger partial charge in [-0.2, -0.15) is 13.2 Å². The number of hydrogen-bond acceptors (Lipinski definition) is 2. The second-order valence-corrected chi connectivity index (χ2v) is 3.48. The van der Waals surface area contributed by atoms with E-state index in [1.165, 1.54) is 19.2 Å². The summed E-state index contributed by atoms with van der Waals surface area (Å²) in [4.78, 5) is 10.9. The Balaban J connectivity index is 2.77. The van der Waals surface area contributed by atoms with Crippen LogP contribution in [0.3, 0.4) is 0 Å². The van der Waals surface area contributed by atoms with E-state index in [1.54, 1.807) is 6.92 Å². The van der Waals surface area contributed by atoms with Gasteiger partial charge >= 0.3 is 12.3 Å². The van der Waals surface area contributed by atoms with Gasteiger partial charge in [-0.25, -0.2) is 4.79 Å². The summed E-state index contributed by atoms with van der Waals surface area (Å²) in [5.74, 6) is 0. The smallest absolute Gasteiger partial charge is 0.416 e. The third-order valence-electron chi connectivity index (χ3n) is 2.26. The van der Waals surface area contributed by atoms with Crippen LogP contribution < -0.4 is 5.32 Å². The molecule has 6 heteroatoms. The molecule has 0 saturated carbocycles. The predicted octanol–water partition coefficient (Wildman–Crippen LogP) is 3.12. The lowest BCUT2D eigenvalue weighted by Gasteiger charge is -2.14. The summed E-state index contributed by atoms with van der Waals surface area (Å²) < 4.78 is 41.3. The lowest BCUT2D eigenvalue weighted by atomic mass is 10.1. The molecule has 3 nitrogen and oxygen atoms in total. The molecule has 0 aliphatic rings. The van der Waals surface area contributed by atoms with Crippen molar-refractivity contribution in [1.29, 1.82) is 0 Å². The van der Waals surface area contributed by atoms with E-state index in [1.807, 2.05) is 0 Å². The number of hydrogen-bond donors (Lipinski definition) is 1.